The number of ether oxygens (including phenoxy) is 1. The predicted molar refractivity (Wildman–Crippen MR) is 97.1 cm³/mol. The van der Waals surface area contributed by atoms with Crippen LogP contribution >= 0.6 is 23.8 Å². The first-order valence-corrected chi connectivity index (χ1v) is 12.5. The fourth-order valence-corrected chi connectivity index (χ4v) is 8.09. The lowest BCUT2D eigenvalue weighted by molar-refractivity contribution is -0.0240. The maximum Gasteiger partial charge on any atom is 0.381 e. The van der Waals surface area contributed by atoms with E-state index in [0.717, 1.165) is 4.57 Å². The molecule has 2 unspecified atom stereocenters. The molecule has 0 saturated carbocycles. The minimum Gasteiger partial charge on any atom is -0.352 e. The van der Waals surface area contributed by atoms with Gasteiger partial charge < -0.3 is 19.0 Å². The van der Waals surface area contributed by atoms with Crippen LogP contribution in [0.2, 0.25) is 0 Å². The van der Waals surface area contributed by atoms with Gasteiger partial charge in [-0.25, -0.2) is 17.8 Å². The van der Waals surface area contributed by atoms with Gasteiger partial charge in [0.2, 0.25) is 0 Å². The number of alkyl halides is 1. The largest absolute Gasteiger partial charge is 0.381 e. The van der Waals surface area contributed by atoms with E-state index in [-0.39, 0.29) is 12.0 Å². The topological polar surface area (TPSA) is 215 Å². The lowest BCUT2D eigenvalue weighted by Crippen LogP contribution is -2.33. The third-order valence-electron chi connectivity index (χ3n) is 4.11. The maximum atomic E-state index is 13.5. The van der Waals surface area contributed by atoms with Crippen molar-refractivity contribution in [2.45, 2.75) is 37.4 Å². The number of H-pyrrole nitrogens is 1. The summed E-state index contributed by atoms with van der Waals surface area (Å²) >= 11 is 0. The van der Waals surface area contributed by atoms with Crippen molar-refractivity contribution >= 4 is 23.8 Å². The second-order valence-corrected chi connectivity index (χ2v) is 11.8. The van der Waals surface area contributed by atoms with Crippen molar-refractivity contribution in [3.63, 3.8) is 0 Å². The first kappa shape index (κ1) is 23.2. The van der Waals surface area contributed by atoms with E-state index in [1.165, 1.54) is 13.1 Å². The Bertz CT molecular complexity index is 1060. The zero-order valence-electron chi connectivity index (χ0n) is 15.0. The molecule has 1 aromatic heterocycles. The summed E-state index contributed by atoms with van der Waals surface area (Å²) in [4.78, 5) is 47.0. The highest BCUT2D eigenvalue weighted by molar-refractivity contribution is 7.80. The standard InChI is InChI=1S/C11H15FN5O10P3/c1-5-3-17(11(19)14-9(5)18)8-2-6(15-16-13)7(25-8)4-24-28-26-29(20,21)10(12)30(22,23)27-28/h3,6-8,10H,2,4H2,1H3,(H,20,21)(H,22,23)(H,14,18,19)/t6-,7+,8+,10?,28?/m0/s1. The van der Waals surface area contributed by atoms with E-state index in [4.69, 9.17) is 14.8 Å². The van der Waals surface area contributed by atoms with Crippen LogP contribution in [0, 0.1) is 6.92 Å². The molecule has 3 heterocycles. The average molecular weight is 489 g/mol. The van der Waals surface area contributed by atoms with E-state index in [1.54, 1.807) is 0 Å². The highest BCUT2D eigenvalue weighted by atomic mass is 31.3. The van der Waals surface area contributed by atoms with Crippen molar-refractivity contribution in [2.75, 3.05) is 6.61 Å². The molecule has 3 N–H and O–H groups in total. The zero-order chi connectivity index (χ0) is 22.3. The molecule has 0 bridgehead atoms. The number of rotatable bonds is 5. The van der Waals surface area contributed by atoms with Crippen LogP contribution in [0.3, 0.4) is 0 Å². The Labute approximate surface area is 167 Å². The molecule has 2 saturated heterocycles. The molecule has 0 amide bonds. The van der Waals surface area contributed by atoms with E-state index in [2.05, 4.69) is 23.6 Å². The van der Waals surface area contributed by atoms with Gasteiger partial charge in [0.05, 0.1) is 18.8 Å². The number of hydrogen-bond donors (Lipinski definition) is 3. The minimum atomic E-state index is -5.12. The quantitative estimate of drug-likeness (QED) is 0.236. The predicted octanol–water partition coefficient (Wildman–Crippen LogP) is 1.73. The third kappa shape index (κ3) is 4.74. The van der Waals surface area contributed by atoms with Gasteiger partial charge in [-0.15, -0.1) is 0 Å². The zero-order valence-corrected chi connectivity index (χ0v) is 17.7. The fourth-order valence-electron chi connectivity index (χ4n) is 2.67. The molecular formula is C11H15FN5O10P3. The molecule has 0 aliphatic carbocycles. The van der Waals surface area contributed by atoms with Crippen molar-refractivity contribution < 1.29 is 41.2 Å². The number of hydrogen-bond acceptors (Lipinski definition) is 9. The molecule has 3 rings (SSSR count). The van der Waals surface area contributed by atoms with Crippen LogP contribution in [0.1, 0.15) is 18.2 Å². The molecule has 0 radical (unpaired) electrons. The van der Waals surface area contributed by atoms with Crippen molar-refractivity contribution in [1.29, 1.82) is 0 Å². The van der Waals surface area contributed by atoms with Crippen molar-refractivity contribution in [3.8, 4) is 0 Å². The van der Waals surface area contributed by atoms with Gasteiger partial charge >= 0.3 is 35.1 Å². The lowest BCUT2D eigenvalue weighted by atomic mass is 10.1. The molecule has 19 heteroatoms. The Hall–Kier alpha value is -1.43. The van der Waals surface area contributed by atoms with Gasteiger partial charge in [-0.1, -0.05) is 5.11 Å². The number of aromatic amines is 1. The first-order chi connectivity index (χ1) is 13.9. The number of nitrogens with zero attached hydrogens (tertiary/aromatic N) is 4. The first-order valence-electron chi connectivity index (χ1n) is 8.08. The Morgan fingerprint density at radius 2 is 2.07 bits per heavy atom. The number of halogens is 1. The summed E-state index contributed by atoms with van der Waals surface area (Å²) in [7, 11) is -13.1. The fraction of sp³-hybridized carbons (Fsp3) is 0.636. The Morgan fingerprint density at radius 1 is 1.43 bits per heavy atom. The lowest BCUT2D eigenvalue weighted by Gasteiger charge is -2.30. The van der Waals surface area contributed by atoms with Crippen LogP contribution in [-0.2, 0) is 27.0 Å². The normalized spacial score (nSPS) is 38.9. The van der Waals surface area contributed by atoms with Gasteiger partial charge in [-0.3, -0.25) is 23.5 Å². The molecule has 0 spiro atoms. The van der Waals surface area contributed by atoms with Crippen LogP contribution in [0.4, 0.5) is 4.39 Å². The van der Waals surface area contributed by atoms with Crippen LogP contribution < -0.4 is 11.2 Å². The number of azide groups is 1. The van der Waals surface area contributed by atoms with Crippen molar-refractivity contribution in [1.82, 2.24) is 9.55 Å². The average Bonchev–Trinajstić information content (AvgIpc) is 3.03. The number of nitrogens with one attached hydrogen (secondary N) is 1. The van der Waals surface area contributed by atoms with E-state index < -0.39 is 65.7 Å². The minimum absolute atomic E-state index is 0.00660. The maximum absolute atomic E-state index is 13.5. The smallest absolute Gasteiger partial charge is 0.352 e. The second kappa shape index (κ2) is 8.60. The molecule has 15 nitrogen and oxygen atoms in total. The molecule has 2 fully saturated rings. The Morgan fingerprint density at radius 3 is 2.67 bits per heavy atom. The highest BCUT2D eigenvalue weighted by Crippen LogP contribution is 2.79. The van der Waals surface area contributed by atoms with E-state index in [0.29, 0.717) is 0 Å². The molecular weight excluding hydrogens is 474 g/mol. The summed E-state index contributed by atoms with van der Waals surface area (Å²) in [5.41, 5.74) is 4.48. The summed E-state index contributed by atoms with van der Waals surface area (Å²) in [6, 6.07) is -0.880. The Balaban J connectivity index is 1.74. The molecule has 5 atom stereocenters. The van der Waals surface area contributed by atoms with Gasteiger partial charge in [0.15, 0.2) is 0 Å². The monoisotopic (exact) mass is 489 g/mol. The highest BCUT2D eigenvalue weighted by Gasteiger charge is 2.57. The van der Waals surface area contributed by atoms with Gasteiger partial charge in [-0.05, 0) is 12.5 Å². The van der Waals surface area contributed by atoms with Crippen LogP contribution in [0.5, 0.6) is 0 Å². The van der Waals surface area contributed by atoms with E-state index in [1.807, 2.05) is 0 Å². The molecule has 2 aliphatic rings. The molecule has 2 aliphatic heterocycles. The summed E-state index contributed by atoms with van der Waals surface area (Å²) in [6.07, 6.45) is -0.724. The molecule has 1 aromatic rings. The SMILES string of the molecule is Cc1cn([C@H]2C[C@H](N=[N+]=[N-])[C@@H](COP3OP(=O)(O)C(F)P(=O)(O)O3)O2)c(=O)[nH]c1=O. The summed E-state index contributed by atoms with van der Waals surface area (Å²) in [5, 5.41) is 3.53. The molecule has 0 aromatic carbocycles. The summed E-state index contributed by atoms with van der Waals surface area (Å²) in [5.74, 6) is 0. The van der Waals surface area contributed by atoms with Crippen LogP contribution in [0.25, 0.3) is 10.4 Å². The van der Waals surface area contributed by atoms with Gasteiger partial charge in [0, 0.05) is 23.1 Å². The van der Waals surface area contributed by atoms with Crippen LogP contribution in [-0.4, -0.2) is 43.7 Å². The number of aryl methyl sites for hydroxylation is 1. The molecule has 166 valence electrons. The van der Waals surface area contributed by atoms with Gasteiger partial charge in [-0.2, -0.15) is 0 Å². The molecule has 30 heavy (non-hydrogen) atoms. The Kier molecular flexibility index (Phi) is 6.66. The van der Waals surface area contributed by atoms with Gasteiger partial charge in [0.25, 0.3) is 5.56 Å². The van der Waals surface area contributed by atoms with E-state index in [9.17, 15) is 32.9 Å². The van der Waals surface area contributed by atoms with Crippen LogP contribution in [0.15, 0.2) is 20.9 Å². The second-order valence-electron chi connectivity index (χ2n) is 6.24. The van der Waals surface area contributed by atoms with E-state index >= 15 is 0 Å². The summed E-state index contributed by atoms with van der Waals surface area (Å²) in [6.45, 7) is 0.952. The number of aromatic nitrogens is 2. The van der Waals surface area contributed by atoms with Crippen molar-refractivity contribution in [3.05, 3.63) is 43.0 Å². The van der Waals surface area contributed by atoms with Gasteiger partial charge in [0.1, 0.15) is 6.23 Å². The van der Waals surface area contributed by atoms with Crippen molar-refractivity contribution in [2.24, 2.45) is 5.11 Å². The third-order valence-corrected chi connectivity index (χ3v) is 10.2. The summed E-state index contributed by atoms with van der Waals surface area (Å²) < 4.78 is 57.3.